The first kappa shape index (κ1) is 11.3. The van der Waals surface area contributed by atoms with Crippen LogP contribution in [-0.4, -0.2) is 11.8 Å². The first-order chi connectivity index (χ1) is 8.63. The summed E-state index contributed by atoms with van der Waals surface area (Å²) in [5.41, 5.74) is 2.96. The van der Waals surface area contributed by atoms with E-state index >= 15 is 0 Å². The fourth-order valence-corrected chi connectivity index (χ4v) is 2.40. The van der Waals surface area contributed by atoms with E-state index in [4.69, 9.17) is 0 Å². The summed E-state index contributed by atoms with van der Waals surface area (Å²) in [7, 11) is 0. The van der Waals surface area contributed by atoms with Crippen LogP contribution in [0.3, 0.4) is 0 Å². The van der Waals surface area contributed by atoms with Gasteiger partial charge in [0.1, 0.15) is 0 Å². The van der Waals surface area contributed by atoms with Gasteiger partial charge in [-0.3, -0.25) is 9.59 Å². The van der Waals surface area contributed by atoms with Crippen LogP contribution in [0.25, 0.3) is 0 Å². The number of benzene rings is 1. The van der Waals surface area contributed by atoms with Gasteiger partial charge in [-0.2, -0.15) is 0 Å². The molecule has 0 spiro atoms. The van der Waals surface area contributed by atoms with E-state index in [1.807, 2.05) is 18.2 Å². The molecule has 2 atom stereocenters. The minimum absolute atomic E-state index is 0.0398. The summed E-state index contributed by atoms with van der Waals surface area (Å²) in [6.45, 7) is 2.64. The van der Waals surface area contributed by atoms with Gasteiger partial charge in [0.15, 0.2) is 0 Å². The lowest BCUT2D eigenvalue weighted by Gasteiger charge is -2.06. The number of anilines is 1. The predicted molar refractivity (Wildman–Crippen MR) is 67.9 cm³/mol. The summed E-state index contributed by atoms with van der Waals surface area (Å²) in [4.78, 5) is 22.9. The molecule has 1 aromatic rings. The smallest absolute Gasteiger partial charge is 0.228 e. The average Bonchev–Trinajstić information content (AvgIpc) is 2.94. The Bertz CT molecular complexity index is 525. The van der Waals surface area contributed by atoms with Crippen LogP contribution in [0.2, 0.25) is 0 Å². The summed E-state index contributed by atoms with van der Waals surface area (Å²) < 4.78 is 0. The number of amides is 2. The van der Waals surface area contributed by atoms with Crippen LogP contribution in [0.5, 0.6) is 0 Å². The van der Waals surface area contributed by atoms with Crippen molar-refractivity contribution in [1.82, 2.24) is 5.32 Å². The van der Waals surface area contributed by atoms with E-state index in [-0.39, 0.29) is 17.7 Å². The molecule has 1 fully saturated rings. The largest absolute Gasteiger partial charge is 0.352 e. The van der Waals surface area contributed by atoms with Crippen molar-refractivity contribution in [2.75, 3.05) is 5.32 Å². The SMILES string of the molecule is CC1CC1C(=O)NCc1ccc2c(c1)CC(=O)N2. The fourth-order valence-electron chi connectivity index (χ4n) is 2.40. The number of nitrogens with one attached hydrogen (secondary N) is 2. The van der Waals surface area contributed by atoms with Crippen molar-refractivity contribution in [3.05, 3.63) is 29.3 Å². The monoisotopic (exact) mass is 244 g/mol. The van der Waals surface area contributed by atoms with E-state index in [1.165, 1.54) is 0 Å². The van der Waals surface area contributed by atoms with Crippen LogP contribution in [0, 0.1) is 11.8 Å². The highest BCUT2D eigenvalue weighted by Gasteiger charge is 2.38. The predicted octanol–water partition coefficient (Wildman–Crippen LogP) is 1.45. The van der Waals surface area contributed by atoms with E-state index in [0.29, 0.717) is 18.9 Å². The molecule has 0 radical (unpaired) electrons. The summed E-state index contributed by atoms with van der Waals surface area (Å²) in [6.07, 6.45) is 1.45. The van der Waals surface area contributed by atoms with E-state index in [0.717, 1.165) is 23.2 Å². The minimum Gasteiger partial charge on any atom is -0.352 e. The Morgan fingerprint density at radius 2 is 2.28 bits per heavy atom. The van der Waals surface area contributed by atoms with Crippen molar-refractivity contribution < 1.29 is 9.59 Å². The zero-order valence-electron chi connectivity index (χ0n) is 10.3. The van der Waals surface area contributed by atoms with Gasteiger partial charge in [0, 0.05) is 18.2 Å². The van der Waals surface area contributed by atoms with E-state index < -0.39 is 0 Å². The summed E-state index contributed by atoms with van der Waals surface area (Å²) >= 11 is 0. The molecule has 1 aliphatic carbocycles. The standard InChI is InChI=1S/C14H16N2O2/c1-8-4-11(8)14(18)15-7-9-2-3-12-10(5-9)6-13(17)16-12/h2-3,5,8,11H,4,6-7H2,1H3,(H,15,18)(H,16,17). The summed E-state index contributed by atoms with van der Waals surface area (Å²) in [5.74, 6) is 0.935. The van der Waals surface area contributed by atoms with Gasteiger partial charge >= 0.3 is 0 Å². The Labute approximate surface area is 106 Å². The van der Waals surface area contributed by atoms with Crippen molar-refractivity contribution in [1.29, 1.82) is 0 Å². The van der Waals surface area contributed by atoms with E-state index in [9.17, 15) is 9.59 Å². The molecule has 0 aromatic heterocycles. The maximum atomic E-state index is 11.7. The topological polar surface area (TPSA) is 58.2 Å². The average molecular weight is 244 g/mol. The molecule has 4 nitrogen and oxygen atoms in total. The van der Waals surface area contributed by atoms with Gasteiger partial charge < -0.3 is 10.6 Å². The van der Waals surface area contributed by atoms with Gasteiger partial charge in [-0.1, -0.05) is 19.1 Å². The molecule has 4 heteroatoms. The molecule has 94 valence electrons. The fraction of sp³-hybridized carbons (Fsp3) is 0.429. The van der Waals surface area contributed by atoms with Gasteiger partial charge in [-0.05, 0) is 29.5 Å². The molecule has 1 heterocycles. The molecule has 1 aromatic carbocycles. The second kappa shape index (κ2) is 4.12. The zero-order valence-corrected chi connectivity index (χ0v) is 10.3. The lowest BCUT2D eigenvalue weighted by atomic mass is 10.1. The Morgan fingerprint density at radius 1 is 1.50 bits per heavy atom. The Kier molecular flexibility index (Phi) is 2.58. The van der Waals surface area contributed by atoms with Crippen molar-refractivity contribution in [3.8, 4) is 0 Å². The van der Waals surface area contributed by atoms with Crippen molar-refractivity contribution >= 4 is 17.5 Å². The third-order valence-corrected chi connectivity index (χ3v) is 3.71. The number of fused-ring (bicyclic) bond motifs is 1. The Morgan fingerprint density at radius 3 is 3.00 bits per heavy atom. The van der Waals surface area contributed by atoms with Crippen LogP contribution in [-0.2, 0) is 22.6 Å². The van der Waals surface area contributed by atoms with Crippen LogP contribution in [0.4, 0.5) is 5.69 Å². The molecule has 18 heavy (non-hydrogen) atoms. The zero-order chi connectivity index (χ0) is 12.7. The number of rotatable bonds is 3. The first-order valence-corrected chi connectivity index (χ1v) is 6.33. The molecule has 2 amide bonds. The third-order valence-electron chi connectivity index (χ3n) is 3.71. The summed E-state index contributed by atoms with van der Waals surface area (Å²) in [5, 5.41) is 5.75. The highest BCUT2D eigenvalue weighted by Crippen LogP contribution is 2.37. The summed E-state index contributed by atoms with van der Waals surface area (Å²) in [6, 6.07) is 5.84. The van der Waals surface area contributed by atoms with Crippen LogP contribution < -0.4 is 10.6 Å². The van der Waals surface area contributed by atoms with Crippen molar-refractivity contribution in [2.24, 2.45) is 11.8 Å². The lowest BCUT2D eigenvalue weighted by Crippen LogP contribution is -2.24. The minimum atomic E-state index is 0.0398. The lowest BCUT2D eigenvalue weighted by molar-refractivity contribution is -0.122. The van der Waals surface area contributed by atoms with Crippen molar-refractivity contribution in [3.63, 3.8) is 0 Å². The number of hydrogen-bond donors (Lipinski definition) is 2. The normalized spacial score (nSPS) is 24.4. The van der Waals surface area contributed by atoms with Gasteiger partial charge in [-0.25, -0.2) is 0 Å². The van der Waals surface area contributed by atoms with Gasteiger partial charge in [-0.15, -0.1) is 0 Å². The molecule has 0 saturated heterocycles. The highest BCUT2D eigenvalue weighted by atomic mass is 16.2. The highest BCUT2D eigenvalue weighted by molar-refractivity contribution is 5.99. The number of hydrogen-bond acceptors (Lipinski definition) is 2. The second-order valence-electron chi connectivity index (χ2n) is 5.25. The first-order valence-electron chi connectivity index (χ1n) is 6.33. The molecule has 2 aliphatic rings. The quantitative estimate of drug-likeness (QED) is 0.845. The molecule has 2 N–H and O–H groups in total. The van der Waals surface area contributed by atoms with Crippen LogP contribution >= 0.6 is 0 Å². The number of carbonyl (C=O) groups is 2. The maximum Gasteiger partial charge on any atom is 0.228 e. The van der Waals surface area contributed by atoms with Gasteiger partial charge in [0.2, 0.25) is 11.8 Å². The molecule has 3 rings (SSSR count). The molecular formula is C14H16N2O2. The van der Waals surface area contributed by atoms with Crippen LogP contribution in [0.15, 0.2) is 18.2 Å². The third kappa shape index (κ3) is 2.10. The molecule has 0 bridgehead atoms. The van der Waals surface area contributed by atoms with Crippen LogP contribution in [0.1, 0.15) is 24.5 Å². The number of carbonyl (C=O) groups excluding carboxylic acids is 2. The Balaban J connectivity index is 1.62. The Hall–Kier alpha value is -1.84. The molecule has 2 unspecified atom stereocenters. The van der Waals surface area contributed by atoms with Gasteiger partial charge in [0.05, 0.1) is 6.42 Å². The maximum absolute atomic E-state index is 11.7. The van der Waals surface area contributed by atoms with E-state index in [1.54, 1.807) is 0 Å². The molecular weight excluding hydrogens is 228 g/mol. The molecule has 1 saturated carbocycles. The molecule has 1 aliphatic heterocycles. The van der Waals surface area contributed by atoms with Gasteiger partial charge in [0.25, 0.3) is 0 Å². The van der Waals surface area contributed by atoms with Crippen molar-refractivity contribution in [2.45, 2.75) is 26.3 Å². The van der Waals surface area contributed by atoms with E-state index in [2.05, 4.69) is 17.6 Å². The second-order valence-corrected chi connectivity index (χ2v) is 5.25.